The number of likely N-dealkylation sites (tertiary alicyclic amines) is 1. The van der Waals surface area contributed by atoms with Gasteiger partial charge in [0, 0.05) is 5.56 Å². The van der Waals surface area contributed by atoms with Crippen LogP contribution in [0, 0.1) is 11.6 Å². The first-order valence-corrected chi connectivity index (χ1v) is 6.27. The second kappa shape index (κ2) is 4.70. The maximum Gasteiger partial charge on any atom is 0.410 e. The highest BCUT2D eigenvalue weighted by Gasteiger charge is 2.47. The number of ether oxygens (including phenoxy) is 1. The van der Waals surface area contributed by atoms with E-state index in [1.807, 2.05) is 0 Å². The molecule has 6 heteroatoms. The van der Waals surface area contributed by atoms with Crippen LogP contribution in [0.1, 0.15) is 26.3 Å². The topological polar surface area (TPSA) is 49.8 Å². The lowest BCUT2D eigenvalue weighted by Gasteiger charge is -2.46. The molecule has 110 valence electrons. The van der Waals surface area contributed by atoms with Crippen LogP contribution in [0.25, 0.3) is 0 Å². The predicted octanol–water partition coefficient (Wildman–Crippen LogP) is 2.40. The summed E-state index contributed by atoms with van der Waals surface area (Å²) < 4.78 is 31.9. The summed E-state index contributed by atoms with van der Waals surface area (Å²) in [5, 5.41) is 10.2. The molecule has 1 aliphatic heterocycles. The molecule has 1 heterocycles. The van der Waals surface area contributed by atoms with E-state index in [9.17, 15) is 18.7 Å². The monoisotopic (exact) mass is 285 g/mol. The van der Waals surface area contributed by atoms with Gasteiger partial charge in [0.1, 0.15) is 22.8 Å². The van der Waals surface area contributed by atoms with E-state index in [-0.39, 0.29) is 18.7 Å². The van der Waals surface area contributed by atoms with Crippen molar-refractivity contribution in [3.8, 4) is 0 Å². The molecule has 0 radical (unpaired) electrons. The molecule has 0 aliphatic carbocycles. The summed E-state index contributed by atoms with van der Waals surface area (Å²) >= 11 is 0. The zero-order valence-electron chi connectivity index (χ0n) is 11.6. The maximum atomic E-state index is 13.6. The van der Waals surface area contributed by atoms with Gasteiger partial charge in [0.05, 0.1) is 13.1 Å². The van der Waals surface area contributed by atoms with Gasteiger partial charge in [-0.3, -0.25) is 0 Å². The van der Waals surface area contributed by atoms with Crippen LogP contribution < -0.4 is 0 Å². The van der Waals surface area contributed by atoms with Crippen LogP contribution in [0.5, 0.6) is 0 Å². The van der Waals surface area contributed by atoms with Gasteiger partial charge in [0.15, 0.2) is 0 Å². The lowest BCUT2D eigenvalue weighted by Crippen LogP contribution is -2.62. The summed E-state index contributed by atoms with van der Waals surface area (Å²) in [6.45, 7) is 4.93. The van der Waals surface area contributed by atoms with Crippen LogP contribution in [0.2, 0.25) is 0 Å². The Morgan fingerprint density at radius 2 is 1.95 bits per heavy atom. The number of benzene rings is 1. The van der Waals surface area contributed by atoms with Crippen molar-refractivity contribution in [1.29, 1.82) is 0 Å². The van der Waals surface area contributed by atoms with Gasteiger partial charge in [-0.25, -0.2) is 13.6 Å². The number of aliphatic hydroxyl groups is 1. The summed E-state index contributed by atoms with van der Waals surface area (Å²) in [6, 6.07) is 2.88. The van der Waals surface area contributed by atoms with Crippen LogP contribution in [-0.2, 0) is 10.3 Å². The predicted molar refractivity (Wildman–Crippen MR) is 68.1 cm³/mol. The van der Waals surface area contributed by atoms with Crippen molar-refractivity contribution < 1.29 is 23.4 Å². The third-order valence-electron chi connectivity index (χ3n) is 2.99. The zero-order valence-corrected chi connectivity index (χ0v) is 11.6. The molecule has 4 nitrogen and oxygen atoms in total. The highest BCUT2D eigenvalue weighted by Crippen LogP contribution is 2.34. The molecule has 1 aromatic rings. The molecular weight excluding hydrogens is 268 g/mol. The lowest BCUT2D eigenvalue weighted by molar-refractivity contribution is -0.105. The van der Waals surface area contributed by atoms with Gasteiger partial charge < -0.3 is 14.7 Å². The number of carbonyl (C=O) groups excluding carboxylic acids is 1. The molecule has 0 atom stereocenters. The lowest BCUT2D eigenvalue weighted by atomic mass is 9.86. The molecule has 2 rings (SSSR count). The Bertz CT molecular complexity index is 534. The van der Waals surface area contributed by atoms with Crippen molar-refractivity contribution in [2.24, 2.45) is 0 Å². The van der Waals surface area contributed by atoms with Crippen molar-refractivity contribution in [2.75, 3.05) is 13.1 Å². The fraction of sp³-hybridized carbons (Fsp3) is 0.500. The SMILES string of the molecule is CC(C)(C)OC(=O)N1CC(O)(c2cc(F)ccc2F)C1. The summed E-state index contributed by atoms with van der Waals surface area (Å²) in [6.07, 6.45) is -0.584. The first-order valence-electron chi connectivity index (χ1n) is 6.27. The third-order valence-corrected chi connectivity index (χ3v) is 2.99. The van der Waals surface area contributed by atoms with E-state index in [2.05, 4.69) is 0 Å². The van der Waals surface area contributed by atoms with Crippen molar-refractivity contribution in [1.82, 2.24) is 4.90 Å². The number of carbonyl (C=O) groups is 1. The van der Waals surface area contributed by atoms with Gasteiger partial charge in [-0.15, -0.1) is 0 Å². The second-order valence-corrected chi connectivity index (χ2v) is 5.99. The number of hydrogen-bond acceptors (Lipinski definition) is 3. The second-order valence-electron chi connectivity index (χ2n) is 5.99. The van der Waals surface area contributed by atoms with Gasteiger partial charge in [-0.05, 0) is 39.0 Å². The van der Waals surface area contributed by atoms with Crippen LogP contribution in [0.15, 0.2) is 18.2 Å². The molecule has 1 aliphatic rings. The van der Waals surface area contributed by atoms with Crippen LogP contribution in [0.3, 0.4) is 0 Å². The Kier molecular flexibility index (Phi) is 3.46. The molecule has 20 heavy (non-hydrogen) atoms. The Hall–Kier alpha value is -1.69. The summed E-state index contributed by atoms with van der Waals surface area (Å²) in [4.78, 5) is 13.0. The van der Waals surface area contributed by atoms with E-state index in [1.165, 1.54) is 4.90 Å². The van der Waals surface area contributed by atoms with E-state index < -0.39 is 28.9 Å². The molecule has 1 fully saturated rings. The van der Waals surface area contributed by atoms with E-state index in [0.29, 0.717) is 0 Å². The molecule has 1 N–H and O–H groups in total. The first kappa shape index (κ1) is 14.7. The third kappa shape index (κ3) is 2.90. The number of amides is 1. The highest BCUT2D eigenvalue weighted by molar-refractivity contribution is 5.70. The molecule has 1 saturated heterocycles. The highest BCUT2D eigenvalue weighted by atomic mass is 19.1. The van der Waals surface area contributed by atoms with Crippen LogP contribution in [0.4, 0.5) is 13.6 Å². The number of nitrogens with zero attached hydrogens (tertiary/aromatic N) is 1. The molecule has 1 aromatic carbocycles. The molecule has 0 aromatic heterocycles. The van der Waals surface area contributed by atoms with E-state index in [4.69, 9.17) is 4.74 Å². The Balaban J connectivity index is 2.07. The number of rotatable bonds is 1. The standard InChI is InChI=1S/C14H17F2NO3/c1-13(2,3)20-12(18)17-7-14(19,8-17)10-6-9(15)4-5-11(10)16/h4-6,19H,7-8H2,1-3H3. The Labute approximate surface area is 116 Å². The van der Waals surface area contributed by atoms with E-state index >= 15 is 0 Å². The van der Waals surface area contributed by atoms with Crippen molar-refractivity contribution in [2.45, 2.75) is 32.0 Å². The van der Waals surface area contributed by atoms with E-state index in [1.54, 1.807) is 20.8 Å². The number of hydrogen-bond donors (Lipinski definition) is 1. The van der Waals surface area contributed by atoms with Gasteiger partial charge in [-0.1, -0.05) is 0 Å². The van der Waals surface area contributed by atoms with Gasteiger partial charge >= 0.3 is 6.09 Å². The summed E-state index contributed by atoms with van der Waals surface area (Å²) in [5.41, 5.74) is -2.35. The van der Waals surface area contributed by atoms with Crippen LogP contribution >= 0.6 is 0 Å². The van der Waals surface area contributed by atoms with E-state index in [0.717, 1.165) is 18.2 Å². The average Bonchev–Trinajstić information content (AvgIpc) is 2.25. The fourth-order valence-electron chi connectivity index (χ4n) is 2.07. The molecule has 0 saturated carbocycles. The van der Waals surface area contributed by atoms with Crippen molar-refractivity contribution in [3.63, 3.8) is 0 Å². The number of β-amino-alcohol motifs (C(OH)–C–C–N with tert-alkyl or cyclic N) is 1. The minimum absolute atomic E-state index is 0.123. The molecule has 0 spiro atoms. The molecule has 1 amide bonds. The van der Waals surface area contributed by atoms with Crippen molar-refractivity contribution in [3.05, 3.63) is 35.4 Å². The van der Waals surface area contributed by atoms with Gasteiger partial charge in [0.2, 0.25) is 0 Å². The smallest absolute Gasteiger partial charge is 0.410 e. The molecule has 0 bridgehead atoms. The fourth-order valence-corrected chi connectivity index (χ4v) is 2.07. The first-order chi connectivity index (χ1) is 9.11. The van der Waals surface area contributed by atoms with Gasteiger partial charge in [-0.2, -0.15) is 0 Å². The molecular formula is C14H17F2NO3. The Morgan fingerprint density at radius 3 is 2.50 bits per heavy atom. The summed E-state index contributed by atoms with van der Waals surface area (Å²) in [7, 11) is 0. The number of halogens is 2. The quantitative estimate of drug-likeness (QED) is 0.862. The summed E-state index contributed by atoms with van der Waals surface area (Å²) in [5.74, 6) is -1.33. The maximum absolute atomic E-state index is 13.6. The van der Waals surface area contributed by atoms with Gasteiger partial charge in [0.25, 0.3) is 0 Å². The zero-order chi connectivity index (χ0) is 15.1. The minimum atomic E-state index is -1.57. The average molecular weight is 285 g/mol. The molecule has 0 unspecified atom stereocenters. The normalized spacial score (nSPS) is 17.6. The van der Waals surface area contributed by atoms with Crippen LogP contribution in [-0.4, -0.2) is 34.8 Å². The Morgan fingerprint density at radius 1 is 1.35 bits per heavy atom. The van der Waals surface area contributed by atoms with Crippen molar-refractivity contribution >= 4 is 6.09 Å². The largest absolute Gasteiger partial charge is 0.444 e. The minimum Gasteiger partial charge on any atom is -0.444 e.